The zero-order valence-electron chi connectivity index (χ0n) is 11.8. The molecule has 0 aliphatic carbocycles. The molecule has 0 saturated carbocycles. The van der Waals surface area contributed by atoms with Crippen molar-refractivity contribution < 1.29 is 23.1 Å². The Morgan fingerprint density at radius 1 is 1.38 bits per heavy atom. The number of halogens is 4. The Morgan fingerprint density at radius 3 is 2.54 bits per heavy atom. The van der Waals surface area contributed by atoms with E-state index in [0.717, 1.165) is 23.1 Å². The molecule has 1 aromatic heterocycles. The summed E-state index contributed by atoms with van der Waals surface area (Å²) >= 11 is 2.92. The molecule has 0 aliphatic rings. The molecular formula is C13H10BrF3N4O3. The van der Waals surface area contributed by atoms with Crippen LogP contribution >= 0.6 is 15.9 Å². The van der Waals surface area contributed by atoms with E-state index in [1.54, 1.807) is 0 Å². The van der Waals surface area contributed by atoms with Crippen LogP contribution in [0.25, 0.3) is 5.69 Å². The highest BCUT2D eigenvalue weighted by Gasteiger charge is 2.17. The third-order valence-corrected chi connectivity index (χ3v) is 3.39. The standard InChI is InChI=1S/C13H10BrF3N4O3/c14-8-1-9(16)11(10(17)2-8)20-6-19-21(13(20)24)5-7(3-15)4-18-12(22)23/h1-3,6,18H,4-5H2,(H,22,23). The largest absolute Gasteiger partial charge is 0.465 e. The summed E-state index contributed by atoms with van der Waals surface area (Å²) in [6.07, 6.45) is -0.355. The van der Waals surface area contributed by atoms with E-state index < -0.39 is 29.1 Å². The molecule has 0 saturated heterocycles. The molecule has 0 aliphatic heterocycles. The number of hydrogen-bond donors (Lipinski definition) is 2. The Balaban J connectivity index is 2.33. The van der Waals surface area contributed by atoms with Crippen molar-refractivity contribution in [1.82, 2.24) is 19.7 Å². The highest BCUT2D eigenvalue weighted by molar-refractivity contribution is 9.10. The molecule has 0 spiro atoms. The zero-order valence-corrected chi connectivity index (χ0v) is 13.4. The second-order valence-corrected chi connectivity index (χ2v) is 5.50. The van der Waals surface area contributed by atoms with Crippen molar-refractivity contribution in [2.75, 3.05) is 6.54 Å². The molecule has 0 bridgehead atoms. The lowest BCUT2D eigenvalue weighted by Gasteiger charge is -2.06. The van der Waals surface area contributed by atoms with Gasteiger partial charge in [-0.3, -0.25) is 0 Å². The van der Waals surface area contributed by atoms with E-state index in [2.05, 4.69) is 21.0 Å². The lowest BCUT2D eigenvalue weighted by atomic mass is 10.3. The topological polar surface area (TPSA) is 89.2 Å². The first-order valence-corrected chi connectivity index (χ1v) is 7.17. The third-order valence-electron chi connectivity index (χ3n) is 2.93. The number of benzene rings is 1. The number of rotatable bonds is 5. The summed E-state index contributed by atoms with van der Waals surface area (Å²) in [6, 6.07) is 1.96. The molecule has 0 unspecified atom stereocenters. The van der Waals surface area contributed by atoms with E-state index in [9.17, 15) is 22.8 Å². The second-order valence-electron chi connectivity index (χ2n) is 4.59. The highest BCUT2D eigenvalue weighted by atomic mass is 79.9. The first-order valence-electron chi connectivity index (χ1n) is 6.37. The second kappa shape index (κ2) is 7.34. The van der Waals surface area contributed by atoms with Crippen LogP contribution in [0.15, 0.2) is 39.6 Å². The zero-order chi connectivity index (χ0) is 17.9. The first kappa shape index (κ1) is 17.8. The number of carbonyl (C=O) groups is 1. The molecule has 128 valence electrons. The molecule has 0 radical (unpaired) electrons. The van der Waals surface area contributed by atoms with Crippen LogP contribution in [0.5, 0.6) is 0 Å². The first-order chi connectivity index (χ1) is 11.3. The van der Waals surface area contributed by atoms with E-state index in [4.69, 9.17) is 5.11 Å². The van der Waals surface area contributed by atoms with Crippen LogP contribution in [-0.2, 0) is 6.54 Å². The van der Waals surface area contributed by atoms with Crippen LogP contribution in [-0.4, -0.2) is 32.1 Å². The maximum Gasteiger partial charge on any atom is 0.404 e. The minimum atomic E-state index is -1.37. The Bertz CT molecular complexity index is 839. The third kappa shape index (κ3) is 3.85. The summed E-state index contributed by atoms with van der Waals surface area (Å²) in [5.41, 5.74) is -1.63. The Hall–Kier alpha value is -2.56. The minimum Gasteiger partial charge on any atom is -0.465 e. The van der Waals surface area contributed by atoms with Gasteiger partial charge in [-0.1, -0.05) is 15.9 Å². The molecule has 2 aromatic rings. The van der Waals surface area contributed by atoms with E-state index in [-0.39, 0.29) is 29.5 Å². The SMILES string of the molecule is O=C(O)NCC(=CF)Cn1ncn(-c2c(F)cc(Br)cc2F)c1=O. The smallest absolute Gasteiger partial charge is 0.404 e. The Labute approximate surface area is 141 Å². The number of aromatic nitrogens is 3. The number of nitrogens with one attached hydrogen (secondary N) is 1. The van der Waals surface area contributed by atoms with Gasteiger partial charge in [0.25, 0.3) is 0 Å². The van der Waals surface area contributed by atoms with Gasteiger partial charge in [0.15, 0.2) is 11.6 Å². The van der Waals surface area contributed by atoms with Crippen molar-refractivity contribution in [3.63, 3.8) is 0 Å². The number of amides is 1. The van der Waals surface area contributed by atoms with E-state index in [1.165, 1.54) is 0 Å². The summed E-state index contributed by atoms with van der Waals surface area (Å²) in [4.78, 5) is 22.6. The maximum absolute atomic E-state index is 13.9. The number of carboxylic acid groups (broad SMARTS) is 1. The predicted octanol–water partition coefficient (Wildman–Crippen LogP) is 2.20. The Kier molecular flexibility index (Phi) is 5.44. The Morgan fingerprint density at radius 2 is 2.00 bits per heavy atom. The molecule has 1 aromatic carbocycles. The predicted molar refractivity (Wildman–Crippen MR) is 80.7 cm³/mol. The van der Waals surface area contributed by atoms with Gasteiger partial charge in [-0.05, 0) is 17.7 Å². The van der Waals surface area contributed by atoms with Crippen LogP contribution < -0.4 is 11.0 Å². The molecule has 2 N–H and O–H groups in total. The fraction of sp³-hybridized carbons (Fsp3) is 0.154. The lowest BCUT2D eigenvalue weighted by molar-refractivity contribution is 0.195. The fourth-order valence-electron chi connectivity index (χ4n) is 1.87. The van der Waals surface area contributed by atoms with Crippen molar-refractivity contribution in [2.45, 2.75) is 6.54 Å². The van der Waals surface area contributed by atoms with Crippen molar-refractivity contribution >= 4 is 22.0 Å². The molecule has 0 fully saturated rings. The number of nitrogens with zero attached hydrogens (tertiary/aromatic N) is 3. The fourth-order valence-corrected chi connectivity index (χ4v) is 2.28. The van der Waals surface area contributed by atoms with Gasteiger partial charge in [-0.25, -0.2) is 32.0 Å². The molecule has 24 heavy (non-hydrogen) atoms. The van der Waals surface area contributed by atoms with Gasteiger partial charge in [0.2, 0.25) is 0 Å². The van der Waals surface area contributed by atoms with E-state index >= 15 is 0 Å². The van der Waals surface area contributed by atoms with Crippen molar-refractivity contribution in [2.24, 2.45) is 0 Å². The minimum absolute atomic E-state index is 0.0958. The van der Waals surface area contributed by atoms with Gasteiger partial charge in [0, 0.05) is 11.0 Å². The molecule has 0 atom stereocenters. The van der Waals surface area contributed by atoms with Gasteiger partial charge in [-0.15, -0.1) is 0 Å². The van der Waals surface area contributed by atoms with Crippen LogP contribution in [0.3, 0.4) is 0 Å². The highest BCUT2D eigenvalue weighted by Crippen LogP contribution is 2.21. The van der Waals surface area contributed by atoms with Gasteiger partial charge < -0.3 is 10.4 Å². The van der Waals surface area contributed by atoms with Gasteiger partial charge in [0.1, 0.15) is 12.0 Å². The van der Waals surface area contributed by atoms with Gasteiger partial charge in [-0.2, -0.15) is 5.10 Å². The lowest BCUT2D eigenvalue weighted by Crippen LogP contribution is -2.29. The molecule has 11 heteroatoms. The van der Waals surface area contributed by atoms with E-state index in [0.29, 0.717) is 4.57 Å². The molecule has 2 rings (SSSR count). The molecule has 1 amide bonds. The molecular weight excluding hydrogens is 397 g/mol. The van der Waals surface area contributed by atoms with Gasteiger partial charge >= 0.3 is 11.8 Å². The molecule has 7 nitrogen and oxygen atoms in total. The summed E-state index contributed by atoms with van der Waals surface area (Å²) in [6.45, 7) is -0.755. The summed E-state index contributed by atoms with van der Waals surface area (Å²) in [5, 5.41) is 14.1. The van der Waals surface area contributed by atoms with Gasteiger partial charge in [0.05, 0.1) is 12.9 Å². The summed E-state index contributed by atoms with van der Waals surface area (Å²) in [7, 11) is 0. The quantitative estimate of drug-likeness (QED) is 0.796. The van der Waals surface area contributed by atoms with Crippen molar-refractivity contribution in [3.05, 3.63) is 57.0 Å². The average molecular weight is 407 g/mol. The van der Waals surface area contributed by atoms with Crippen molar-refractivity contribution in [3.8, 4) is 5.69 Å². The van der Waals surface area contributed by atoms with Crippen LogP contribution in [0.4, 0.5) is 18.0 Å². The van der Waals surface area contributed by atoms with Crippen molar-refractivity contribution in [1.29, 1.82) is 0 Å². The normalized spacial score (nSPS) is 11.6. The summed E-state index contributed by atoms with van der Waals surface area (Å²) in [5.74, 6) is -1.98. The monoisotopic (exact) mass is 406 g/mol. The number of hydrogen-bond acceptors (Lipinski definition) is 3. The van der Waals surface area contributed by atoms with Crippen LogP contribution in [0.1, 0.15) is 0 Å². The summed E-state index contributed by atoms with van der Waals surface area (Å²) < 4.78 is 42.1. The average Bonchev–Trinajstić information content (AvgIpc) is 2.83. The van der Waals surface area contributed by atoms with Crippen LogP contribution in [0, 0.1) is 11.6 Å². The van der Waals surface area contributed by atoms with Crippen LogP contribution in [0.2, 0.25) is 0 Å². The maximum atomic E-state index is 13.9. The van der Waals surface area contributed by atoms with E-state index in [1.807, 2.05) is 5.32 Å². The molecule has 1 heterocycles.